The number of carbonyl (C=O) groups is 3. The van der Waals surface area contributed by atoms with Gasteiger partial charge in [-0.1, -0.05) is 0 Å². The second kappa shape index (κ2) is 5.14. The van der Waals surface area contributed by atoms with Crippen LogP contribution in [0.4, 0.5) is 22.0 Å². The van der Waals surface area contributed by atoms with Crippen molar-refractivity contribution >= 4 is 17.8 Å². The van der Waals surface area contributed by atoms with Crippen LogP contribution in [0.5, 0.6) is 0 Å². The first-order valence-corrected chi connectivity index (χ1v) is 4.13. The van der Waals surface area contributed by atoms with E-state index in [0.717, 1.165) is 0 Å². The van der Waals surface area contributed by atoms with Crippen molar-refractivity contribution in [1.82, 2.24) is 4.90 Å². The van der Waals surface area contributed by atoms with Crippen LogP contribution in [0.3, 0.4) is 0 Å². The lowest BCUT2D eigenvalue weighted by Gasteiger charge is -2.25. The highest BCUT2D eigenvalue weighted by atomic mass is 19.4. The van der Waals surface area contributed by atoms with Crippen LogP contribution in [0.1, 0.15) is 0 Å². The van der Waals surface area contributed by atoms with Crippen LogP contribution >= 0.6 is 0 Å². The van der Waals surface area contributed by atoms with Gasteiger partial charge in [-0.05, 0) is 0 Å². The van der Waals surface area contributed by atoms with Crippen LogP contribution in [-0.4, -0.2) is 53.0 Å². The number of hydrogen-bond acceptors (Lipinski definition) is 3. The first-order valence-electron chi connectivity index (χ1n) is 4.13. The van der Waals surface area contributed by atoms with Gasteiger partial charge in [0.15, 0.2) is 0 Å². The van der Waals surface area contributed by atoms with Gasteiger partial charge < -0.3 is 15.7 Å². The number of carboxylic acids is 1. The molecule has 0 heterocycles. The van der Waals surface area contributed by atoms with E-state index in [1.165, 1.54) is 0 Å². The fraction of sp³-hybridized carbons (Fsp3) is 0.571. The Morgan fingerprint density at radius 3 is 1.78 bits per heavy atom. The largest absolute Gasteiger partial charge is 0.480 e. The maximum absolute atomic E-state index is 12.6. The van der Waals surface area contributed by atoms with Crippen molar-refractivity contribution in [2.75, 3.05) is 13.1 Å². The Hall–Kier alpha value is -1.94. The normalized spacial score (nSPS) is 12.1. The first kappa shape index (κ1) is 16.1. The van der Waals surface area contributed by atoms with E-state index in [1.807, 2.05) is 0 Å². The van der Waals surface area contributed by atoms with Crippen molar-refractivity contribution in [1.29, 1.82) is 0 Å². The Kier molecular flexibility index (Phi) is 4.59. The fourth-order valence-electron chi connectivity index (χ4n) is 0.871. The van der Waals surface area contributed by atoms with Crippen LogP contribution in [-0.2, 0) is 14.4 Å². The van der Waals surface area contributed by atoms with E-state index in [-0.39, 0.29) is 0 Å². The van der Waals surface area contributed by atoms with Gasteiger partial charge in [0.1, 0.15) is 13.1 Å². The molecule has 0 atom stereocenters. The summed E-state index contributed by atoms with van der Waals surface area (Å²) in [6, 6.07) is 0. The lowest BCUT2D eigenvalue weighted by molar-refractivity contribution is -0.274. The van der Waals surface area contributed by atoms with Gasteiger partial charge in [-0.3, -0.25) is 14.4 Å². The third kappa shape index (κ3) is 3.82. The zero-order valence-electron chi connectivity index (χ0n) is 8.50. The molecule has 3 N–H and O–H groups in total. The molecular formula is C7H7F5N2O4. The number of hydrogen-bond donors (Lipinski definition) is 2. The van der Waals surface area contributed by atoms with E-state index < -0.39 is 47.9 Å². The number of amides is 2. The van der Waals surface area contributed by atoms with E-state index in [1.54, 1.807) is 0 Å². The van der Waals surface area contributed by atoms with Crippen molar-refractivity contribution in [3.05, 3.63) is 0 Å². The number of alkyl halides is 5. The van der Waals surface area contributed by atoms with Crippen LogP contribution in [0.25, 0.3) is 0 Å². The third-order valence-corrected chi connectivity index (χ3v) is 1.58. The molecule has 18 heavy (non-hydrogen) atoms. The average molecular weight is 278 g/mol. The fourth-order valence-corrected chi connectivity index (χ4v) is 0.871. The maximum atomic E-state index is 12.6. The summed E-state index contributed by atoms with van der Waals surface area (Å²) in [5.41, 5.74) is 4.51. The summed E-state index contributed by atoms with van der Waals surface area (Å²) in [4.78, 5) is 31.0. The minimum absolute atomic E-state index is 0.488. The summed E-state index contributed by atoms with van der Waals surface area (Å²) in [6.45, 7) is -2.87. The molecule has 0 saturated carbocycles. The summed E-state index contributed by atoms with van der Waals surface area (Å²) in [6.07, 6.45) is -6.20. The van der Waals surface area contributed by atoms with Crippen LogP contribution in [0.2, 0.25) is 0 Å². The minimum atomic E-state index is -6.20. The molecule has 0 aromatic heterocycles. The summed E-state index contributed by atoms with van der Waals surface area (Å²) in [5.74, 6) is -11.9. The van der Waals surface area contributed by atoms with Crippen molar-refractivity contribution in [3.8, 4) is 0 Å². The Morgan fingerprint density at radius 1 is 1.06 bits per heavy atom. The Labute approximate surface area is 96.1 Å². The molecule has 0 aliphatic carbocycles. The van der Waals surface area contributed by atoms with Gasteiger partial charge in [-0.25, -0.2) is 0 Å². The van der Waals surface area contributed by atoms with Gasteiger partial charge in [0, 0.05) is 0 Å². The number of rotatable bonds is 5. The molecule has 0 aliphatic rings. The second-order valence-electron chi connectivity index (χ2n) is 3.09. The zero-order valence-corrected chi connectivity index (χ0v) is 8.50. The number of nitrogens with zero attached hydrogens (tertiary/aromatic N) is 1. The minimum Gasteiger partial charge on any atom is -0.480 e. The molecule has 0 bridgehead atoms. The summed E-state index contributed by atoms with van der Waals surface area (Å²) in [5, 5.41) is 8.24. The summed E-state index contributed by atoms with van der Waals surface area (Å²) in [7, 11) is 0. The molecule has 0 radical (unpaired) electrons. The lowest BCUT2D eigenvalue weighted by Crippen LogP contribution is -2.54. The standard InChI is InChI=1S/C7H7F5N2O4/c8-6(9,7(10,11)12)5(18)14(1-3(13)15)2-4(16)17/h1-2H2,(H2,13,15)(H,16,17). The smallest absolute Gasteiger partial charge is 0.463 e. The predicted molar refractivity (Wildman–Crippen MR) is 44.4 cm³/mol. The van der Waals surface area contributed by atoms with Gasteiger partial charge in [0.2, 0.25) is 5.91 Å². The molecule has 0 aromatic rings. The number of carboxylic acid groups (broad SMARTS) is 1. The van der Waals surface area contributed by atoms with E-state index in [4.69, 9.17) is 5.11 Å². The van der Waals surface area contributed by atoms with Gasteiger partial charge in [-0.15, -0.1) is 0 Å². The van der Waals surface area contributed by atoms with Crippen molar-refractivity contribution in [3.63, 3.8) is 0 Å². The molecule has 0 spiro atoms. The highest BCUT2D eigenvalue weighted by molar-refractivity contribution is 5.91. The maximum Gasteiger partial charge on any atom is 0.463 e. The van der Waals surface area contributed by atoms with Crippen LogP contribution in [0, 0.1) is 0 Å². The number of aliphatic carboxylic acids is 1. The quantitative estimate of drug-likeness (QED) is 0.667. The van der Waals surface area contributed by atoms with Crippen LogP contribution < -0.4 is 5.73 Å². The summed E-state index contributed by atoms with van der Waals surface area (Å²) < 4.78 is 60.8. The van der Waals surface area contributed by atoms with Gasteiger partial charge in [-0.2, -0.15) is 22.0 Å². The van der Waals surface area contributed by atoms with Crippen LogP contribution in [0.15, 0.2) is 0 Å². The third-order valence-electron chi connectivity index (χ3n) is 1.58. The highest BCUT2D eigenvalue weighted by Gasteiger charge is 2.64. The van der Waals surface area contributed by atoms with Crippen molar-refractivity contribution < 1.29 is 41.4 Å². The predicted octanol–water partition coefficient (Wildman–Crippen LogP) is -0.418. The molecule has 6 nitrogen and oxygen atoms in total. The van der Waals surface area contributed by atoms with Gasteiger partial charge >= 0.3 is 24.0 Å². The Bertz CT molecular complexity index is 351. The Morgan fingerprint density at radius 2 is 1.50 bits per heavy atom. The Balaban J connectivity index is 5.18. The molecule has 0 fully saturated rings. The number of halogens is 5. The SMILES string of the molecule is NC(=O)CN(CC(=O)O)C(=O)C(F)(F)C(F)(F)F. The number of nitrogens with two attached hydrogens (primary N) is 1. The van der Waals surface area contributed by atoms with Gasteiger partial charge in [0.05, 0.1) is 0 Å². The molecule has 0 aromatic carbocycles. The molecule has 0 unspecified atom stereocenters. The van der Waals surface area contributed by atoms with Gasteiger partial charge in [0.25, 0.3) is 0 Å². The second-order valence-corrected chi connectivity index (χ2v) is 3.09. The van der Waals surface area contributed by atoms with E-state index in [9.17, 15) is 36.3 Å². The number of carbonyl (C=O) groups excluding carboxylic acids is 2. The molecule has 104 valence electrons. The van der Waals surface area contributed by atoms with E-state index >= 15 is 0 Å². The monoisotopic (exact) mass is 278 g/mol. The van der Waals surface area contributed by atoms with Crippen molar-refractivity contribution in [2.24, 2.45) is 5.73 Å². The van der Waals surface area contributed by atoms with E-state index in [0.29, 0.717) is 0 Å². The number of primary amides is 1. The molecule has 0 saturated heterocycles. The highest BCUT2D eigenvalue weighted by Crippen LogP contribution is 2.36. The molecule has 0 rings (SSSR count). The molecule has 11 heteroatoms. The molecule has 2 amide bonds. The topological polar surface area (TPSA) is 101 Å². The molecule has 0 aliphatic heterocycles. The average Bonchev–Trinajstić information content (AvgIpc) is 2.12. The van der Waals surface area contributed by atoms with Crippen molar-refractivity contribution in [2.45, 2.75) is 12.1 Å². The lowest BCUT2D eigenvalue weighted by atomic mass is 10.2. The molecular weight excluding hydrogens is 271 g/mol. The summed E-state index contributed by atoms with van der Waals surface area (Å²) >= 11 is 0. The van der Waals surface area contributed by atoms with E-state index in [2.05, 4.69) is 5.73 Å². The zero-order chi connectivity index (χ0) is 14.7. The first-order chi connectivity index (χ1) is 7.89.